The lowest BCUT2D eigenvalue weighted by atomic mass is 9.89. The molecule has 11 heteroatoms. The molecule has 0 aromatic carbocycles. The molecule has 194 valence electrons. The summed E-state index contributed by atoms with van der Waals surface area (Å²) in [5.41, 5.74) is 0. The van der Waals surface area contributed by atoms with Gasteiger partial charge in [0, 0.05) is 44.2 Å². The number of halogens is 3. The van der Waals surface area contributed by atoms with Crippen LogP contribution in [-0.4, -0.2) is 76.4 Å². The van der Waals surface area contributed by atoms with E-state index in [-0.39, 0.29) is 37.2 Å². The molecule has 0 radical (unpaired) electrons. The van der Waals surface area contributed by atoms with Gasteiger partial charge in [0.05, 0.1) is 0 Å². The van der Waals surface area contributed by atoms with E-state index in [1.807, 2.05) is 4.52 Å². The summed E-state index contributed by atoms with van der Waals surface area (Å²) in [5.74, 6) is 3.84. The van der Waals surface area contributed by atoms with E-state index in [1.54, 1.807) is 0 Å². The fourth-order valence-corrected chi connectivity index (χ4v) is 5.28. The molecule has 0 bridgehead atoms. The molecule has 3 fully saturated rings. The molecule has 2 aromatic heterocycles. The van der Waals surface area contributed by atoms with Gasteiger partial charge in [-0.15, -0.1) is 42.3 Å². The fourth-order valence-electron chi connectivity index (χ4n) is 5.28. The number of aromatic nitrogens is 4. The Morgan fingerprint density at radius 2 is 1.71 bits per heavy atom. The molecule has 34 heavy (non-hydrogen) atoms. The molecule has 1 N–H and O–H groups in total. The molecule has 8 nitrogen and oxygen atoms in total. The minimum Gasteiger partial charge on any atom is -0.476 e. The van der Waals surface area contributed by atoms with Gasteiger partial charge in [0.2, 0.25) is 5.88 Å². The predicted molar refractivity (Wildman–Crippen MR) is 144 cm³/mol. The number of ether oxygens (including phenoxy) is 1. The standard InChI is InChI=1S/C23H37N7O.3ClH/c1-18-17-29(13-10-24-18)21-16-20(31-15-14-28-11-6-3-7-12-28)25-23-26-22(27-30(21)23)19-8-4-2-5-9-19;;;/h16,18-19,24H,2-15,17H2,1H3;3*1H. The third-order valence-electron chi connectivity index (χ3n) is 7.06. The lowest BCUT2D eigenvalue weighted by Crippen LogP contribution is -2.49. The smallest absolute Gasteiger partial charge is 0.257 e. The maximum absolute atomic E-state index is 6.15. The van der Waals surface area contributed by atoms with Crippen LogP contribution in [-0.2, 0) is 0 Å². The predicted octanol–water partition coefficient (Wildman–Crippen LogP) is 4.10. The van der Waals surface area contributed by atoms with Crippen LogP contribution in [0.3, 0.4) is 0 Å². The van der Waals surface area contributed by atoms with Crippen molar-refractivity contribution in [3.8, 4) is 5.88 Å². The molecule has 1 atom stereocenters. The average molecular weight is 537 g/mol. The van der Waals surface area contributed by atoms with Crippen molar-refractivity contribution in [1.82, 2.24) is 29.8 Å². The number of nitrogens with zero attached hydrogens (tertiary/aromatic N) is 6. The highest BCUT2D eigenvalue weighted by atomic mass is 35.5. The Kier molecular flexibility index (Phi) is 11.9. The van der Waals surface area contributed by atoms with E-state index < -0.39 is 0 Å². The van der Waals surface area contributed by atoms with Gasteiger partial charge in [-0.3, -0.25) is 4.90 Å². The van der Waals surface area contributed by atoms with Crippen molar-refractivity contribution in [2.24, 2.45) is 0 Å². The second-order valence-corrected chi connectivity index (χ2v) is 9.52. The molecule has 4 heterocycles. The van der Waals surface area contributed by atoms with Crippen molar-refractivity contribution in [3.05, 3.63) is 11.9 Å². The molecule has 2 aromatic rings. The summed E-state index contributed by atoms with van der Waals surface area (Å²) < 4.78 is 8.11. The zero-order valence-electron chi connectivity index (χ0n) is 20.2. The van der Waals surface area contributed by atoms with Gasteiger partial charge in [-0.2, -0.15) is 14.5 Å². The summed E-state index contributed by atoms with van der Waals surface area (Å²) in [4.78, 5) is 14.5. The number of piperazine rings is 1. The second kappa shape index (κ2) is 13.9. The van der Waals surface area contributed by atoms with Crippen LogP contribution in [0.25, 0.3) is 5.78 Å². The van der Waals surface area contributed by atoms with Crippen molar-refractivity contribution in [2.75, 3.05) is 50.8 Å². The van der Waals surface area contributed by atoms with E-state index in [0.717, 1.165) is 37.8 Å². The molecule has 2 aliphatic heterocycles. The topological polar surface area (TPSA) is 70.8 Å². The summed E-state index contributed by atoms with van der Waals surface area (Å²) in [6, 6.07) is 2.52. The third-order valence-corrected chi connectivity index (χ3v) is 7.06. The van der Waals surface area contributed by atoms with Gasteiger partial charge in [0.25, 0.3) is 5.78 Å². The molecule has 0 spiro atoms. The summed E-state index contributed by atoms with van der Waals surface area (Å²) in [6.45, 7) is 9.12. The van der Waals surface area contributed by atoms with Gasteiger partial charge in [0.1, 0.15) is 12.4 Å². The highest BCUT2D eigenvalue weighted by Crippen LogP contribution is 2.32. The normalized spacial score (nSPS) is 21.9. The van der Waals surface area contributed by atoms with E-state index in [9.17, 15) is 0 Å². The van der Waals surface area contributed by atoms with Crippen molar-refractivity contribution >= 4 is 48.8 Å². The maximum Gasteiger partial charge on any atom is 0.257 e. The number of nitrogens with one attached hydrogen (secondary N) is 1. The Morgan fingerprint density at radius 1 is 0.971 bits per heavy atom. The largest absolute Gasteiger partial charge is 0.476 e. The Morgan fingerprint density at radius 3 is 2.44 bits per heavy atom. The van der Waals surface area contributed by atoms with E-state index in [4.69, 9.17) is 19.8 Å². The van der Waals surface area contributed by atoms with Crippen molar-refractivity contribution in [3.63, 3.8) is 0 Å². The Labute approximate surface area is 221 Å². The Bertz CT molecular complexity index is 872. The van der Waals surface area contributed by atoms with Crippen LogP contribution in [0, 0.1) is 0 Å². The molecule has 2 saturated heterocycles. The molecule has 3 aliphatic rings. The van der Waals surface area contributed by atoms with Crippen LogP contribution in [0.2, 0.25) is 0 Å². The number of rotatable bonds is 6. The molecular weight excluding hydrogens is 497 g/mol. The average Bonchev–Trinajstić information content (AvgIpc) is 3.24. The van der Waals surface area contributed by atoms with Gasteiger partial charge >= 0.3 is 0 Å². The second-order valence-electron chi connectivity index (χ2n) is 9.52. The third kappa shape index (κ3) is 7.00. The first-order valence-electron chi connectivity index (χ1n) is 12.4. The first-order valence-corrected chi connectivity index (χ1v) is 12.4. The van der Waals surface area contributed by atoms with Crippen LogP contribution >= 0.6 is 37.2 Å². The van der Waals surface area contributed by atoms with E-state index in [0.29, 0.717) is 30.2 Å². The molecule has 1 saturated carbocycles. The zero-order chi connectivity index (χ0) is 21.0. The van der Waals surface area contributed by atoms with Gasteiger partial charge in [-0.1, -0.05) is 25.7 Å². The fraction of sp³-hybridized carbons (Fsp3) is 0.783. The molecule has 1 unspecified atom stereocenters. The van der Waals surface area contributed by atoms with Crippen molar-refractivity contribution in [2.45, 2.75) is 70.3 Å². The monoisotopic (exact) mass is 535 g/mol. The summed E-state index contributed by atoms with van der Waals surface area (Å²) in [6.07, 6.45) is 10.2. The molecule has 1 aliphatic carbocycles. The van der Waals surface area contributed by atoms with Crippen LogP contribution in [0.4, 0.5) is 5.82 Å². The number of hydrogen-bond acceptors (Lipinski definition) is 7. The molecular formula is C23H40Cl3N7O. The summed E-state index contributed by atoms with van der Waals surface area (Å²) >= 11 is 0. The van der Waals surface area contributed by atoms with Gasteiger partial charge in [-0.25, -0.2) is 0 Å². The lowest BCUT2D eigenvalue weighted by molar-refractivity contribution is 0.180. The van der Waals surface area contributed by atoms with Crippen molar-refractivity contribution in [1.29, 1.82) is 0 Å². The summed E-state index contributed by atoms with van der Waals surface area (Å²) in [7, 11) is 0. The molecule has 5 rings (SSSR count). The highest BCUT2D eigenvalue weighted by Gasteiger charge is 2.25. The first-order chi connectivity index (χ1) is 15.3. The number of piperidine rings is 1. The van der Waals surface area contributed by atoms with Crippen LogP contribution in [0.1, 0.15) is 70.0 Å². The van der Waals surface area contributed by atoms with E-state index >= 15 is 0 Å². The van der Waals surface area contributed by atoms with Crippen molar-refractivity contribution < 1.29 is 4.74 Å². The van der Waals surface area contributed by atoms with Gasteiger partial charge in [0.15, 0.2) is 5.82 Å². The number of hydrogen-bond donors (Lipinski definition) is 1. The highest BCUT2D eigenvalue weighted by molar-refractivity contribution is 5.86. The zero-order valence-corrected chi connectivity index (χ0v) is 22.6. The Hall–Kier alpha value is -1.06. The van der Waals surface area contributed by atoms with Gasteiger partial charge < -0.3 is 15.0 Å². The number of anilines is 1. The summed E-state index contributed by atoms with van der Waals surface area (Å²) in [5, 5.41) is 8.48. The lowest BCUT2D eigenvalue weighted by Gasteiger charge is -2.33. The minimum atomic E-state index is 0. The minimum absolute atomic E-state index is 0. The maximum atomic E-state index is 6.15. The first kappa shape index (κ1) is 29.2. The van der Waals surface area contributed by atoms with Crippen LogP contribution in [0.15, 0.2) is 6.07 Å². The van der Waals surface area contributed by atoms with Crippen LogP contribution < -0.4 is 15.0 Å². The van der Waals surface area contributed by atoms with E-state index in [1.165, 1.54) is 64.5 Å². The molecule has 0 amide bonds. The quantitative estimate of drug-likeness (QED) is 0.596. The SMILES string of the molecule is CC1CN(c2cc(OCCN3CCCCC3)nc3nc(C4CCCCC4)nn23)CCN1.Cl.Cl.Cl. The van der Waals surface area contributed by atoms with E-state index in [2.05, 4.69) is 28.1 Å². The van der Waals surface area contributed by atoms with Crippen LogP contribution in [0.5, 0.6) is 5.88 Å². The number of fused-ring (bicyclic) bond motifs is 1. The van der Waals surface area contributed by atoms with Gasteiger partial charge in [-0.05, 0) is 45.7 Å². The number of likely N-dealkylation sites (tertiary alicyclic amines) is 1. The Balaban J connectivity index is 0.00000136.